The van der Waals surface area contributed by atoms with Gasteiger partial charge in [-0.15, -0.1) is 0 Å². The molecule has 0 bridgehead atoms. The Kier molecular flexibility index (Phi) is 4.01. The molecule has 19 heavy (non-hydrogen) atoms. The molecular weight excluding hydrogens is 334 g/mol. The maximum absolute atomic E-state index is 11.4. The molecule has 0 spiro atoms. The van der Waals surface area contributed by atoms with Crippen molar-refractivity contribution in [3.05, 3.63) is 22.2 Å². The van der Waals surface area contributed by atoms with Crippen LogP contribution in [0.5, 0.6) is 11.5 Å². The van der Waals surface area contributed by atoms with Crippen LogP contribution in [0.25, 0.3) is 0 Å². The molecule has 0 saturated carbocycles. The number of nitrogens with one attached hydrogen (secondary N) is 1. The van der Waals surface area contributed by atoms with Gasteiger partial charge < -0.3 is 15.2 Å². The van der Waals surface area contributed by atoms with E-state index in [0.717, 1.165) is 9.48 Å². The first-order chi connectivity index (χ1) is 9.02. The van der Waals surface area contributed by atoms with E-state index in [4.69, 9.17) is 17.0 Å². The fourth-order valence-electron chi connectivity index (χ4n) is 1.50. The number of aromatic hydroxyl groups is 1. The van der Waals surface area contributed by atoms with E-state index in [1.165, 1.54) is 13.3 Å². The number of nitrogens with zero attached hydrogens (tertiary/aromatic N) is 2. The number of carbonyl (C=O) groups excluding carboxylic acids is 1. The number of thiocarbonyl (C=S) groups is 1. The van der Waals surface area contributed by atoms with Crippen molar-refractivity contribution in [2.24, 2.45) is 5.10 Å². The van der Waals surface area contributed by atoms with Gasteiger partial charge in [0.1, 0.15) is 0 Å². The lowest BCUT2D eigenvalue weighted by atomic mass is 10.2. The normalized spacial score (nSPS) is 15.2. The van der Waals surface area contributed by atoms with Gasteiger partial charge in [0.25, 0.3) is 5.91 Å². The molecule has 1 aromatic rings. The van der Waals surface area contributed by atoms with E-state index >= 15 is 0 Å². The number of phenols is 1. The van der Waals surface area contributed by atoms with E-state index in [0.29, 0.717) is 11.3 Å². The van der Waals surface area contributed by atoms with Crippen LogP contribution < -0.4 is 10.1 Å². The van der Waals surface area contributed by atoms with Crippen LogP contribution in [0.3, 0.4) is 0 Å². The molecule has 1 heterocycles. The molecule has 1 aromatic carbocycles. The average molecular weight is 344 g/mol. The van der Waals surface area contributed by atoms with Crippen molar-refractivity contribution in [3.63, 3.8) is 0 Å². The van der Waals surface area contributed by atoms with Crippen LogP contribution in [0, 0.1) is 0 Å². The Labute approximate surface area is 123 Å². The van der Waals surface area contributed by atoms with Gasteiger partial charge >= 0.3 is 0 Å². The molecule has 8 heteroatoms. The quantitative estimate of drug-likeness (QED) is 0.637. The molecule has 1 aliphatic rings. The van der Waals surface area contributed by atoms with Gasteiger partial charge in [-0.25, -0.2) is 0 Å². The second kappa shape index (κ2) is 5.54. The molecule has 2 N–H and O–H groups in total. The minimum Gasteiger partial charge on any atom is -0.504 e. The van der Waals surface area contributed by atoms with Gasteiger partial charge in [0, 0.05) is 10.0 Å². The lowest BCUT2D eigenvalue weighted by Gasteiger charge is -2.09. The number of ether oxygens (including phenoxy) is 1. The van der Waals surface area contributed by atoms with Gasteiger partial charge in [-0.2, -0.15) is 10.1 Å². The first kappa shape index (κ1) is 13.8. The minimum atomic E-state index is -0.247. The SMILES string of the molecule is COc1cc(Br)cc(C=NN2C(=O)CNC2=S)c1O. The highest BCUT2D eigenvalue weighted by atomic mass is 79.9. The smallest absolute Gasteiger partial charge is 0.268 e. The Balaban J connectivity index is 2.30. The molecule has 2 rings (SSSR count). The highest BCUT2D eigenvalue weighted by Crippen LogP contribution is 2.32. The average Bonchev–Trinajstić information content (AvgIpc) is 2.70. The second-order valence-electron chi connectivity index (χ2n) is 3.65. The van der Waals surface area contributed by atoms with E-state index in [2.05, 4.69) is 26.3 Å². The molecule has 1 fully saturated rings. The third-order valence-electron chi connectivity index (χ3n) is 2.42. The maximum atomic E-state index is 11.4. The van der Waals surface area contributed by atoms with Crippen LogP contribution in [0.4, 0.5) is 0 Å². The summed E-state index contributed by atoms with van der Waals surface area (Å²) in [6.07, 6.45) is 1.35. The van der Waals surface area contributed by atoms with E-state index in [-0.39, 0.29) is 23.3 Å². The summed E-state index contributed by atoms with van der Waals surface area (Å²) in [5.41, 5.74) is 0.411. The van der Waals surface area contributed by atoms with Crippen molar-refractivity contribution in [3.8, 4) is 11.5 Å². The monoisotopic (exact) mass is 343 g/mol. The van der Waals surface area contributed by atoms with Gasteiger partial charge in [0.15, 0.2) is 16.6 Å². The van der Waals surface area contributed by atoms with Crippen LogP contribution in [0.2, 0.25) is 0 Å². The summed E-state index contributed by atoms with van der Waals surface area (Å²) >= 11 is 8.22. The summed E-state index contributed by atoms with van der Waals surface area (Å²) < 4.78 is 5.74. The van der Waals surface area contributed by atoms with Crippen LogP contribution in [-0.4, -0.2) is 41.0 Å². The Morgan fingerprint density at radius 1 is 1.63 bits per heavy atom. The predicted octanol–water partition coefficient (Wildman–Crippen LogP) is 1.21. The van der Waals surface area contributed by atoms with E-state index in [1.807, 2.05) is 0 Å². The Morgan fingerprint density at radius 3 is 2.95 bits per heavy atom. The molecule has 0 atom stereocenters. The number of carbonyl (C=O) groups is 1. The molecule has 0 aromatic heterocycles. The van der Waals surface area contributed by atoms with Crippen LogP contribution in [0.1, 0.15) is 5.56 Å². The van der Waals surface area contributed by atoms with E-state index < -0.39 is 0 Å². The third-order valence-corrected chi connectivity index (χ3v) is 3.20. The molecule has 0 aliphatic carbocycles. The van der Waals surface area contributed by atoms with Crippen LogP contribution in [0.15, 0.2) is 21.7 Å². The van der Waals surface area contributed by atoms with Gasteiger partial charge in [-0.1, -0.05) is 15.9 Å². The summed E-state index contributed by atoms with van der Waals surface area (Å²) in [5.74, 6) is 0.00644. The Bertz CT molecular complexity index is 561. The third kappa shape index (κ3) is 2.85. The highest BCUT2D eigenvalue weighted by molar-refractivity contribution is 9.10. The summed E-state index contributed by atoms with van der Waals surface area (Å²) in [6, 6.07) is 3.28. The number of hydrazone groups is 1. The predicted molar refractivity (Wildman–Crippen MR) is 77.4 cm³/mol. The molecule has 1 aliphatic heterocycles. The lowest BCUT2D eigenvalue weighted by Crippen LogP contribution is -2.25. The molecule has 100 valence electrons. The van der Waals surface area contributed by atoms with Crippen LogP contribution >= 0.6 is 28.1 Å². The topological polar surface area (TPSA) is 74.2 Å². The molecule has 1 saturated heterocycles. The fourth-order valence-corrected chi connectivity index (χ4v) is 2.18. The Morgan fingerprint density at radius 2 is 2.37 bits per heavy atom. The summed E-state index contributed by atoms with van der Waals surface area (Å²) in [5, 5.41) is 17.9. The van der Waals surface area contributed by atoms with E-state index in [1.54, 1.807) is 12.1 Å². The summed E-state index contributed by atoms with van der Waals surface area (Å²) in [7, 11) is 1.45. The van der Waals surface area contributed by atoms with Crippen molar-refractivity contribution < 1.29 is 14.6 Å². The number of methoxy groups -OCH3 is 1. The number of hydrogen-bond donors (Lipinski definition) is 2. The van der Waals surface area contributed by atoms with Crippen LogP contribution in [-0.2, 0) is 4.79 Å². The van der Waals surface area contributed by atoms with Gasteiger partial charge in [0.05, 0.1) is 19.9 Å². The van der Waals surface area contributed by atoms with E-state index in [9.17, 15) is 9.90 Å². The number of rotatable bonds is 3. The minimum absolute atomic E-state index is 0.0556. The number of hydrogen-bond acceptors (Lipinski definition) is 5. The first-order valence-electron chi connectivity index (χ1n) is 5.24. The molecule has 0 unspecified atom stereocenters. The molecule has 6 nitrogen and oxygen atoms in total. The van der Waals surface area contributed by atoms with Gasteiger partial charge in [-0.05, 0) is 24.4 Å². The molecule has 1 amide bonds. The number of halogens is 1. The zero-order valence-corrected chi connectivity index (χ0v) is 12.3. The largest absolute Gasteiger partial charge is 0.504 e. The lowest BCUT2D eigenvalue weighted by molar-refractivity contribution is -0.124. The number of amides is 1. The summed E-state index contributed by atoms with van der Waals surface area (Å²) in [6.45, 7) is 0.129. The zero-order chi connectivity index (χ0) is 14.0. The molecule has 0 radical (unpaired) electrons. The van der Waals surface area contributed by atoms with Crippen molar-refractivity contribution in [1.82, 2.24) is 10.3 Å². The zero-order valence-electron chi connectivity index (χ0n) is 9.88. The standard InChI is InChI=1S/C11H10BrN3O3S/c1-18-8-3-7(12)2-6(10(8)17)4-14-15-9(16)5-13-11(15)19/h2-4,17H,5H2,1H3,(H,13,19). The van der Waals surface area contributed by atoms with Crippen molar-refractivity contribution in [1.29, 1.82) is 0 Å². The van der Waals surface area contributed by atoms with Gasteiger partial charge in [-0.3, -0.25) is 4.79 Å². The number of benzene rings is 1. The van der Waals surface area contributed by atoms with Crippen molar-refractivity contribution >= 4 is 45.4 Å². The fraction of sp³-hybridized carbons (Fsp3) is 0.182. The summed E-state index contributed by atoms with van der Waals surface area (Å²) in [4.78, 5) is 11.4. The molecular formula is C11H10BrN3O3S. The second-order valence-corrected chi connectivity index (χ2v) is 4.96. The van der Waals surface area contributed by atoms with Crippen molar-refractivity contribution in [2.45, 2.75) is 0 Å². The Hall–Kier alpha value is -1.67. The number of phenolic OH excluding ortho intramolecular Hbond substituents is 1. The van der Waals surface area contributed by atoms with Gasteiger partial charge in [0.2, 0.25) is 0 Å². The first-order valence-corrected chi connectivity index (χ1v) is 6.44. The van der Waals surface area contributed by atoms with Crippen molar-refractivity contribution in [2.75, 3.05) is 13.7 Å². The maximum Gasteiger partial charge on any atom is 0.268 e. The highest BCUT2D eigenvalue weighted by Gasteiger charge is 2.24.